The lowest BCUT2D eigenvalue weighted by Gasteiger charge is -2.24. The zero-order chi connectivity index (χ0) is 21.8. The van der Waals surface area contributed by atoms with Gasteiger partial charge in [0.25, 0.3) is 5.91 Å². The molecule has 0 unspecified atom stereocenters. The molecular formula is C26H21F2NO2. The van der Waals surface area contributed by atoms with Gasteiger partial charge in [-0.25, -0.2) is 8.78 Å². The SMILES string of the molecule is COc1ccc(CN(Cc2cccc3ccccc23)C(=O)c2ccc(F)c(F)c2)cc1. The number of amides is 1. The molecule has 0 heterocycles. The lowest BCUT2D eigenvalue weighted by atomic mass is 10.0. The van der Waals surface area contributed by atoms with Gasteiger partial charge in [0.15, 0.2) is 11.6 Å². The van der Waals surface area contributed by atoms with Crippen LogP contribution in [0.3, 0.4) is 0 Å². The van der Waals surface area contributed by atoms with Crippen molar-refractivity contribution in [3.63, 3.8) is 0 Å². The van der Waals surface area contributed by atoms with Gasteiger partial charge in [0.1, 0.15) is 5.75 Å². The van der Waals surface area contributed by atoms with E-state index in [1.54, 1.807) is 12.0 Å². The van der Waals surface area contributed by atoms with Gasteiger partial charge in [-0.1, -0.05) is 54.6 Å². The monoisotopic (exact) mass is 417 g/mol. The van der Waals surface area contributed by atoms with Gasteiger partial charge >= 0.3 is 0 Å². The van der Waals surface area contributed by atoms with Crippen molar-refractivity contribution in [3.05, 3.63) is 113 Å². The van der Waals surface area contributed by atoms with Crippen LogP contribution in [-0.4, -0.2) is 17.9 Å². The predicted molar refractivity (Wildman–Crippen MR) is 117 cm³/mol. The maximum absolute atomic E-state index is 13.8. The van der Waals surface area contributed by atoms with Crippen molar-refractivity contribution >= 4 is 16.7 Å². The third-order valence-electron chi connectivity index (χ3n) is 5.23. The summed E-state index contributed by atoms with van der Waals surface area (Å²) in [7, 11) is 1.59. The minimum atomic E-state index is -1.04. The molecule has 0 atom stereocenters. The van der Waals surface area contributed by atoms with Crippen LogP contribution in [0.4, 0.5) is 8.78 Å². The minimum Gasteiger partial charge on any atom is -0.497 e. The highest BCUT2D eigenvalue weighted by atomic mass is 19.2. The number of halogens is 2. The fourth-order valence-corrected chi connectivity index (χ4v) is 3.60. The highest BCUT2D eigenvalue weighted by Crippen LogP contribution is 2.23. The molecule has 0 saturated carbocycles. The first kappa shape index (κ1) is 20.5. The Morgan fingerprint density at radius 1 is 0.839 bits per heavy atom. The average molecular weight is 417 g/mol. The summed E-state index contributed by atoms with van der Waals surface area (Å²) in [5.41, 5.74) is 1.98. The number of benzene rings is 4. The Morgan fingerprint density at radius 2 is 1.58 bits per heavy atom. The summed E-state index contributed by atoms with van der Waals surface area (Å²) >= 11 is 0. The summed E-state index contributed by atoms with van der Waals surface area (Å²) in [4.78, 5) is 14.9. The number of carbonyl (C=O) groups is 1. The first-order chi connectivity index (χ1) is 15.0. The normalized spacial score (nSPS) is 10.8. The number of hydrogen-bond acceptors (Lipinski definition) is 2. The summed E-state index contributed by atoms with van der Waals surface area (Å²) in [5, 5.41) is 2.12. The van der Waals surface area contributed by atoms with Gasteiger partial charge in [-0.05, 0) is 52.2 Å². The van der Waals surface area contributed by atoms with Crippen LogP contribution in [0.5, 0.6) is 5.75 Å². The molecule has 0 N–H and O–H groups in total. The second kappa shape index (κ2) is 8.96. The standard InChI is InChI=1S/C26H21F2NO2/c1-31-22-12-9-18(10-13-22)16-29(26(30)20-11-14-24(27)25(28)15-20)17-21-7-4-6-19-5-2-3-8-23(19)21/h2-15H,16-17H2,1H3. The molecule has 1 amide bonds. The van der Waals surface area contributed by atoms with E-state index in [4.69, 9.17) is 4.74 Å². The molecule has 0 fully saturated rings. The molecule has 156 valence electrons. The van der Waals surface area contributed by atoms with Gasteiger partial charge in [-0.15, -0.1) is 0 Å². The third-order valence-corrected chi connectivity index (χ3v) is 5.23. The molecule has 0 aliphatic rings. The second-order valence-electron chi connectivity index (χ2n) is 7.28. The minimum absolute atomic E-state index is 0.104. The summed E-state index contributed by atoms with van der Waals surface area (Å²) in [6.07, 6.45) is 0. The maximum atomic E-state index is 13.8. The Labute approximate surface area is 179 Å². The molecule has 4 aromatic carbocycles. The zero-order valence-electron chi connectivity index (χ0n) is 17.0. The van der Waals surface area contributed by atoms with Crippen LogP contribution in [-0.2, 0) is 13.1 Å². The summed E-state index contributed by atoms with van der Waals surface area (Å²) < 4.78 is 32.4. The van der Waals surface area contributed by atoms with E-state index in [1.807, 2.05) is 66.7 Å². The Kier molecular flexibility index (Phi) is 5.94. The quantitative estimate of drug-likeness (QED) is 0.387. The van der Waals surface area contributed by atoms with Gasteiger partial charge in [0.2, 0.25) is 0 Å². The van der Waals surface area contributed by atoms with Crippen LogP contribution < -0.4 is 4.74 Å². The number of fused-ring (bicyclic) bond motifs is 1. The van der Waals surface area contributed by atoms with Crippen molar-refractivity contribution in [2.45, 2.75) is 13.1 Å². The largest absolute Gasteiger partial charge is 0.497 e. The topological polar surface area (TPSA) is 29.5 Å². The van der Waals surface area contributed by atoms with Crippen LogP contribution in [0.1, 0.15) is 21.5 Å². The van der Waals surface area contributed by atoms with E-state index in [1.165, 1.54) is 6.07 Å². The molecule has 0 bridgehead atoms. The lowest BCUT2D eigenvalue weighted by molar-refractivity contribution is 0.0730. The molecule has 31 heavy (non-hydrogen) atoms. The summed E-state index contributed by atoms with van der Waals surface area (Å²) in [6, 6.07) is 24.5. The van der Waals surface area contributed by atoms with Crippen LogP contribution in [0.2, 0.25) is 0 Å². The van der Waals surface area contributed by atoms with E-state index in [9.17, 15) is 13.6 Å². The van der Waals surface area contributed by atoms with E-state index < -0.39 is 11.6 Å². The van der Waals surface area contributed by atoms with E-state index >= 15 is 0 Å². The molecule has 0 aliphatic carbocycles. The van der Waals surface area contributed by atoms with Crippen LogP contribution in [0.15, 0.2) is 84.9 Å². The molecule has 0 saturated heterocycles. The number of carbonyl (C=O) groups excluding carboxylic acids is 1. The van der Waals surface area contributed by atoms with E-state index in [-0.39, 0.29) is 11.5 Å². The van der Waals surface area contributed by atoms with Crippen molar-refractivity contribution in [1.82, 2.24) is 4.90 Å². The number of ether oxygens (including phenoxy) is 1. The molecule has 0 spiro atoms. The van der Waals surface area contributed by atoms with E-state index in [2.05, 4.69) is 0 Å². The van der Waals surface area contributed by atoms with Gasteiger partial charge in [-0.3, -0.25) is 4.79 Å². The Morgan fingerprint density at radius 3 is 2.32 bits per heavy atom. The molecule has 0 radical (unpaired) electrons. The molecule has 4 rings (SSSR count). The molecular weight excluding hydrogens is 396 g/mol. The van der Waals surface area contributed by atoms with Gasteiger partial charge in [0, 0.05) is 18.7 Å². The first-order valence-electron chi connectivity index (χ1n) is 9.89. The molecule has 3 nitrogen and oxygen atoms in total. The highest BCUT2D eigenvalue weighted by Gasteiger charge is 2.19. The first-order valence-corrected chi connectivity index (χ1v) is 9.89. The summed E-state index contributed by atoms with van der Waals surface area (Å²) in [6.45, 7) is 0.635. The van der Waals surface area contributed by atoms with Crippen molar-refractivity contribution < 1.29 is 18.3 Å². The Hall–Kier alpha value is -3.73. The van der Waals surface area contributed by atoms with E-state index in [0.717, 1.165) is 39.8 Å². The molecule has 4 aromatic rings. The molecule has 0 aromatic heterocycles. The Balaban J connectivity index is 1.70. The zero-order valence-corrected chi connectivity index (χ0v) is 17.0. The van der Waals surface area contributed by atoms with Crippen molar-refractivity contribution in [3.8, 4) is 5.75 Å². The van der Waals surface area contributed by atoms with E-state index in [0.29, 0.717) is 13.1 Å². The third kappa shape index (κ3) is 4.56. The highest BCUT2D eigenvalue weighted by molar-refractivity contribution is 5.94. The van der Waals surface area contributed by atoms with Crippen LogP contribution >= 0.6 is 0 Å². The smallest absolute Gasteiger partial charge is 0.254 e. The van der Waals surface area contributed by atoms with Gasteiger partial charge < -0.3 is 9.64 Å². The van der Waals surface area contributed by atoms with Gasteiger partial charge in [-0.2, -0.15) is 0 Å². The maximum Gasteiger partial charge on any atom is 0.254 e. The molecule has 0 aliphatic heterocycles. The lowest BCUT2D eigenvalue weighted by Crippen LogP contribution is -2.30. The van der Waals surface area contributed by atoms with Crippen LogP contribution in [0.25, 0.3) is 10.8 Å². The van der Waals surface area contributed by atoms with Gasteiger partial charge in [0.05, 0.1) is 7.11 Å². The fraction of sp³-hybridized carbons (Fsp3) is 0.115. The van der Waals surface area contributed by atoms with Crippen molar-refractivity contribution in [1.29, 1.82) is 0 Å². The number of methoxy groups -OCH3 is 1. The second-order valence-corrected chi connectivity index (χ2v) is 7.28. The Bertz CT molecular complexity index is 1220. The predicted octanol–water partition coefficient (Wildman–Crippen LogP) is 5.97. The molecule has 5 heteroatoms. The average Bonchev–Trinajstić information content (AvgIpc) is 2.80. The summed E-state index contributed by atoms with van der Waals surface area (Å²) in [5.74, 6) is -1.67. The van der Waals surface area contributed by atoms with Crippen LogP contribution in [0, 0.1) is 11.6 Å². The number of hydrogen-bond donors (Lipinski definition) is 0. The fourth-order valence-electron chi connectivity index (χ4n) is 3.60. The number of rotatable bonds is 6. The van der Waals surface area contributed by atoms with Crippen molar-refractivity contribution in [2.75, 3.05) is 7.11 Å². The van der Waals surface area contributed by atoms with Crippen molar-refractivity contribution in [2.24, 2.45) is 0 Å². The number of nitrogens with zero attached hydrogens (tertiary/aromatic N) is 1.